The third-order valence-corrected chi connectivity index (χ3v) is 2.90. The first-order chi connectivity index (χ1) is 5.36. The standard InChI is InChI=1S/C9H17NO/c11-9(8-1-2-8)5-7-3-4-10-6-7/h7-11H,1-6H2. The molecule has 0 aromatic rings. The average molecular weight is 155 g/mol. The van der Waals surface area contributed by atoms with E-state index in [4.69, 9.17) is 0 Å². The van der Waals surface area contributed by atoms with E-state index in [-0.39, 0.29) is 6.10 Å². The molecule has 0 amide bonds. The Kier molecular flexibility index (Phi) is 2.14. The number of hydrogen-bond acceptors (Lipinski definition) is 2. The van der Waals surface area contributed by atoms with Crippen LogP contribution in [0.15, 0.2) is 0 Å². The third-order valence-electron chi connectivity index (χ3n) is 2.90. The Hall–Kier alpha value is -0.0800. The van der Waals surface area contributed by atoms with E-state index >= 15 is 0 Å². The summed E-state index contributed by atoms with van der Waals surface area (Å²) in [7, 11) is 0. The zero-order chi connectivity index (χ0) is 7.68. The summed E-state index contributed by atoms with van der Waals surface area (Å²) in [6.07, 6.45) is 4.85. The molecule has 1 saturated carbocycles. The Bertz CT molecular complexity index is 128. The highest BCUT2D eigenvalue weighted by Gasteiger charge is 2.31. The summed E-state index contributed by atoms with van der Waals surface area (Å²) in [6.45, 7) is 2.28. The van der Waals surface area contributed by atoms with Crippen LogP contribution in [-0.2, 0) is 0 Å². The Labute approximate surface area is 68.0 Å². The number of aliphatic hydroxyl groups excluding tert-OH is 1. The van der Waals surface area contributed by atoms with Gasteiger partial charge in [0, 0.05) is 0 Å². The smallest absolute Gasteiger partial charge is 0.0571 e. The van der Waals surface area contributed by atoms with Gasteiger partial charge in [-0.2, -0.15) is 0 Å². The third kappa shape index (κ3) is 1.94. The van der Waals surface area contributed by atoms with E-state index in [2.05, 4.69) is 5.32 Å². The molecule has 2 heteroatoms. The normalized spacial score (nSPS) is 34.1. The first kappa shape index (κ1) is 7.56. The number of hydrogen-bond donors (Lipinski definition) is 2. The van der Waals surface area contributed by atoms with Crippen molar-refractivity contribution in [1.82, 2.24) is 5.32 Å². The molecule has 1 heterocycles. The number of rotatable bonds is 3. The van der Waals surface area contributed by atoms with E-state index in [9.17, 15) is 5.11 Å². The van der Waals surface area contributed by atoms with Gasteiger partial charge < -0.3 is 10.4 Å². The van der Waals surface area contributed by atoms with Gasteiger partial charge in [-0.25, -0.2) is 0 Å². The second kappa shape index (κ2) is 3.11. The maximum atomic E-state index is 9.62. The van der Waals surface area contributed by atoms with E-state index in [0.29, 0.717) is 5.92 Å². The summed E-state index contributed by atoms with van der Waals surface area (Å²) in [6, 6.07) is 0. The van der Waals surface area contributed by atoms with Crippen molar-refractivity contribution in [2.24, 2.45) is 11.8 Å². The Morgan fingerprint density at radius 2 is 2.18 bits per heavy atom. The number of aliphatic hydroxyl groups is 1. The Morgan fingerprint density at radius 1 is 1.36 bits per heavy atom. The van der Waals surface area contributed by atoms with Crippen LogP contribution in [0.5, 0.6) is 0 Å². The van der Waals surface area contributed by atoms with Crippen LogP contribution >= 0.6 is 0 Å². The van der Waals surface area contributed by atoms with Gasteiger partial charge in [-0.1, -0.05) is 0 Å². The molecule has 64 valence electrons. The number of nitrogens with one attached hydrogen (secondary N) is 1. The lowest BCUT2D eigenvalue weighted by Crippen LogP contribution is -2.17. The molecule has 2 nitrogen and oxygen atoms in total. The monoisotopic (exact) mass is 155 g/mol. The summed E-state index contributed by atoms with van der Waals surface area (Å²) < 4.78 is 0. The van der Waals surface area contributed by atoms with Gasteiger partial charge in [0.25, 0.3) is 0 Å². The molecule has 1 aliphatic carbocycles. The molecule has 11 heavy (non-hydrogen) atoms. The highest BCUT2D eigenvalue weighted by molar-refractivity contribution is 4.84. The van der Waals surface area contributed by atoms with E-state index in [1.165, 1.54) is 19.3 Å². The van der Waals surface area contributed by atoms with Crippen LogP contribution < -0.4 is 5.32 Å². The summed E-state index contributed by atoms with van der Waals surface area (Å²) in [5.41, 5.74) is 0. The van der Waals surface area contributed by atoms with E-state index in [1.54, 1.807) is 0 Å². The summed E-state index contributed by atoms with van der Waals surface area (Å²) in [5.74, 6) is 1.42. The first-order valence-electron chi connectivity index (χ1n) is 4.75. The lowest BCUT2D eigenvalue weighted by atomic mass is 9.98. The van der Waals surface area contributed by atoms with Crippen LogP contribution in [0, 0.1) is 11.8 Å². The molecule has 2 atom stereocenters. The molecule has 2 rings (SSSR count). The molecule has 1 saturated heterocycles. The lowest BCUT2D eigenvalue weighted by molar-refractivity contribution is 0.124. The zero-order valence-electron chi connectivity index (χ0n) is 6.92. The van der Waals surface area contributed by atoms with Crippen LogP contribution in [0.4, 0.5) is 0 Å². The van der Waals surface area contributed by atoms with Crippen molar-refractivity contribution < 1.29 is 5.11 Å². The van der Waals surface area contributed by atoms with Crippen molar-refractivity contribution in [1.29, 1.82) is 0 Å². The molecule has 1 aliphatic heterocycles. The summed E-state index contributed by atoms with van der Waals surface area (Å²) >= 11 is 0. The molecular weight excluding hydrogens is 138 g/mol. The molecule has 0 spiro atoms. The van der Waals surface area contributed by atoms with Crippen LogP contribution in [0.2, 0.25) is 0 Å². The molecule has 0 aromatic heterocycles. The molecule has 0 bridgehead atoms. The van der Waals surface area contributed by atoms with Gasteiger partial charge in [0.1, 0.15) is 0 Å². The summed E-state index contributed by atoms with van der Waals surface area (Å²) in [4.78, 5) is 0. The average Bonchev–Trinajstić information content (AvgIpc) is 2.73. The minimum Gasteiger partial charge on any atom is -0.393 e. The van der Waals surface area contributed by atoms with Gasteiger partial charge in [-0.15, -0.1) is 0 Å². The van der Waals surface area contributed by atoms with Crippen LogP contribution in [0.25, 0.3) is 0 Å². The fraction of sp³-hybridized carbons (Fsp3) is 1.00. The quantitative estimate of drug-likeness (QED) is 0.630. The van der Waals surface area contributed by atoms with Crippen molar-refractivity contribution in [3.63, 3.8) is 0 Å². The zero-order valence-corrected chi connectivity index (χ0v) is 6.92. The van der Waals surface area contributed by atoms with Crippen molar-refractivity contribution in [3.05, 3.63) is 0 Å². The molecule has 2 N–H and O–H groups in total. The second-order valence-electron chi connectivity index (χ2n) is 4.00. The fourth-order valence-corrected chi connectivity index (χ4v) is 1.93. The molecule has 0 radical (unpaired) electrons. The van der Waals surface area contributed by atoms with Crippen molar-refractivity contribution in [2.45, 2.75) is 31.8 Å². The summed E-state index contributed by atoms with van der Waals surface area (Å²) in [5, 5.41) is 12.9. The van der Waals surface area contributed by atoms with Crippen molar-refractivity contribution >= 4 is 0 Å². The minimum atomic E-state index is 0.0138. The highest BCUT2D eigenvalue weighted by Crippen LogP contribution is 2.35. The fourth-order valence-electron chi connectivity index (χ4n) is 1.93. The van der Waals surface area contributed by atoms with E-state index in [0.717, 1.165) is 25.4 Å². The van der Waals surface area contributed by atoms with Crippen LogP contribution in [0.1, 0.15) is 25.7 Å². The molecule has 2 unspecified atom stereocenters. The van der Waals surface area contributed by atoms with Gasteiger partial charge in [-0.3, -0.25) is 0 Å². The predicted octanol–water partition coefficient (Wildman–Crippen LogP) is 0.757. The van der Waals surface area contributed by atoms with Crippen LogP contribution in [0.3, 0.4) is 0 Å². The van der Waals surface area contributed by atoms with Gasteiger partial charge in [0.15, 0.2) is 0 Å². The Balaban J connectivity index is 1.70. The molecule has 2 fully saturated rings. The lowest BCUT2D eigenvalue weighted by Gasteiger charge is -2.13. The van der Waals surface area contributed by atoms with E-state index in [1.807, 2.05) is 0 Å². The predicted molar refractivity (Wildman–Crippen MR) is 44.3 cm³/mol. The van der Waals surface area contributed by atoms with Crippen molar-refractivity contribution in [3.8, 4) is 0 Å². The van der Waals surface area contributed by atoms with Gasteiger partial charge in [-0.05, 0) is 50.6 Å². The maximum Gasteiger partial charge on any atom is 0.0571 e. The SMILES string of the molecule is OC(CC1CCNC1)C1CC1. The first-order valence-corrected chi connectivity index (χ1v) is 4.75. The Morgan fingerprint density at radius 3 is 2.73 bits per heavy atom. The minimum absolute atomic E-state index is 0.0138. The van der Waals surface area contributed by atoms with Crippen molar-refractivity contribution in [2.75, 3.05) is 13.1 Å². The van der Waals surface area contributed by atoms with Crippen LogP contribution in [-0.4, -0.2) is 24.3 Å². The molecule has 2 aliphatic rings. The molecule has 0 aromatic carbocycles. The van der Waals surface area contributed by atoms with E-state index < -0.39 is 0 Å². The maximum absolute atomic E-state index is 9.62. The second-order valence-corrected chi connectivity index (χ2v) is 4.00. The topological polar surface area (TPSA) is 32.3 Å². The molecular formula is C9H17NO. The van der Waals surface area contributed by atoms with Gasteiger partial charge in [0.2, 0.25) is 0 Å². The highest BCUT2D eigenvalue weighted by atomic mass is 16.3. The van der Waals surface area contributed by atoms with Gasteiger partial charge >= 0.3 is 0 Å². The largest absolute Gasteiger partial charge is 0.393 e. The van der Waals surface area contributed by atoms with Gasteiger partial charge in [0.05, 0.1) is 6.10 Å².